The maximum Gasteiger partial charge on any atom is 0.270 e. The van der Waals surface area contributed by atoms with Gasteiger partial charge in [0.2, 0.25) is 0 Å². The first-order chi connectivity index (χ1) is 17.5. The van der Waals surface area contributed by atoms with E-state index in [1.165, 1.54) is 27.4 Å². The lowest BCUT2D eigenvalue weighted by atomic mass is 10.1. The van der Waals surface area contributed by atoms with Crippen molar-refractivity contribution in [3.63, 3.8) is 0 Å². The number of amides is 1. The molecule has 36 heavy (non-hydrogen) atoms. The van der Waals surface area contributed by atoms with Gasteiger partial charge < -0.3 is 9.47 Å². The Bertz CT molecular complexity index is 1500. The highest BCUT2D eigenvalue weighted by molar-refractivity contribution is 8.27. The molecule has 1 aliphatic heterocycles. The smallest absolute Gasteiger partial charge is 0.270 e. The fraction of sp³-hybridized carbons (Fsp3) is 0.103. The maximum atomic E-state index is 13.1. The second-order valence-electron chi connectivity index (χ2n) is 8.11. The number of ether oxygens (including phenoxy) is 2. The van der Waals surface area contributed by atoms with Crippen LogP contribution in [0.15, 0.2) is 89.8 Å². The van der Waals surface area contributed by atoms with Crippen LogP contribution in [0.4, 0.5) is 5.69 Å². The Morgan fingerprint density at radius 2 is 1.75 bits per heavy atom. The van der Waals surface area contributed by atoms with Gasteiger partial charge in [0.25, 0.3) is 5.91 Å². The van der Waals surface area contributed by atoms with E-state index in [0.717, 1.165) is 11.1 Å². The van der Waals surface area contributed by atoms with E-state index in [9.17, 15) is 4.79 Å². The van der Waals surface area contributed by atoms with Crippen LogP contribution in [0.1, 0.15) is 18.1 Å². The van der Waals surface area contributed by atoms with Crippen molar-refractivity contribution in [2.45, 2.75) is 13.5 Å². The van der Waals surface area contributed by atoms with Crippen LogP contribution < -0.4 is 14.4 Å². The van der Waals surface area contributed by atoms with Gasteiger partial charge in [-0.25, -0.2) is 0 Å². The number of hydrogen-bond acceptors (Lipinski definition) is 5. The van der Waals surface area contributed by atoms with E-state index in [2.05, 4.69) is 30.3 Å². The normalized spacial score (nSPS) is 14.6. The SMILES string of the molecule is CCOc1cc(/C=C2\SC(=S)N(c3cccc(Cl)c3)C2=O)ccc1OCc1ccc2ccccc2c1. The Balaban J connectivity index is 1.36. The Kier molecular flexibility index (Phi) is 7.28. The van der Waals surface area contributed by atoms with Gasteiger partial charge in [0.1, 0.15) is 6.61 Å². The number of carbonyl (C=O) groups is 1. The molecular weight excluding hydrogens is 510 g/mol. The molecular formula is C29H22ClNO3S2. The van der Waals surface area contributed by atoms with Crippen LogP contribution in [0.3, 0.4) is 0 Å². The van der Waals surface area contributed by atoms with Crippen LogP contribution in [0.25, 0.3) is 16.8 Å². The van der Waals surface area contributed by atoms with Gasteiger partial charge in [0, 0.05) is 5.02 Å². The molecule has 0 aliphatic carbocycles. The zero-order valence-electron chi connectivity index (χ0n) is 19.4. The van der Waals surface area contributed by atoms with Gasteiger partial charge in [-0.3, -0.25) is 9.69 Å². The Hall–Kier alpha value is -3.32. The van der Waals surface area contributed by atoms with Gasteiger partial charge in [-0.1, -0.05) is 84.1 Å². The van der Waals surface area contributed by atoms with E-state index in [1.807, 2.05) is 49.4 Å². The molecule has 1 fully saturated rings. The largest absolute Gasteiger partial charge is 0.490 e. The molecule has 1 saturated heterocycles. The summed E-state index contributed by atoms with van der Waals surface area (Å²) in [5.41, 5.74) is 2.55. The topological polar surface area (TPSA) is 38.8 Å². The van der Waals surface area contributed by atoms with Crippen molar-refractivity contribution < 1.29 is 14.3 Å². The van der Waals surface area contributed by atoms with Gasteiger partial charge in [-0.2, -0.15) is 0 Å². The molecule has 180 valence electrons. The first kappa shape index (κ1) is 24.4. The lowest BCUT2D eigenvalue weighted by Gasteiger charge is -2.14. The minimum absolute atomic E-state index is 0.179. The zero-order chi connectivity index (χ0) is 25.1. The van der Waals surface area contributed by atoms with E-state index in [-0.39, 0.29) is 5.91 Å². The van der Waals surface area contributed by atoms with E-state index >= 15 is 0 Å². The molecule has 0 saturated carbocycles. The molecule has 0 radical (unpaired) electrons. The van der Waals surface area contributed by atoms with Gasteiger partial charge in [0.05, 0.1) is 17.2 Å². The highest BCUT2D eigenvalue weighted by Crippen LogP contribution is 2.38. The molecule has 4 aromatic carbocycles. The molecule has 0 spiro atoms. The average Bonchev–Trinajstić information content (AvgIpc) is 3.16. The third-order valence-corrected chi connectivity index (χ3v) is 7.17. The summed E-state index contributed by atoms with van der Waals surface area (Å²) in [5.74, 6) is 1.09. The van der Waals surface area contributed by atoms with Crippen LogP contribution in [0.5, 0.6) is 11.5 Å². The predicted octanol–water partition coefficient (Wildman–Crippen LogP) is 7.88. The quantitative estimate of drug-likeness (QED) is 0.179. The maximum absolute atomic E-state index is 13.1. The molecule has 4 aromatic rings. The summed E-state index contributed by atoms with van der Waals surface area (Å²) in [7, 11) is 0. The van der Waals surface area contributed by atoms with Crippen molar-refractivity contribution in [2.75, 3.05) is 11.5 Å². The highest BCUT2D eigenvalue weighted by atomic mass is 35.5. The minimum atomic E-state index is -0.179. The van der Waals surface area contributed by atoms with Crippen LogP contribution in [-0.2, 0) is 11.4 Å². The number of nitrogens with zero attached hydrogens (tertiary/aromatic N) is 1. The number of benzene rings is 4. The Morgan fingerprint density at radius 1 is 0.917 bits per heavy atom. The number of thiocarbonyl (C=S) groups is 1. The van der Waals surface area contributed by atoms with Crippen molar-refractivity contribution in [1.82, 2.24) is 0 Å². The summed E-state index contributed by atoms with van der Waals surface area (Å²) in [5, 5.41) is 2.92. The standard InChI is InChI=1S/C29H22ClNO3S2/c1-2-33-26-15-19(16-27-28(32)31(29(35)36-27)24-9-5-8-23(30)17-24)11-13-25(26)34-18-20-10-12-21-6-3-4-7-22(21)14-20/h3-17H,2,18H2,1H3/b27-16-. The number of fused-ring (bicyclic) bond motifs is 1. The molecule has 4 nitrogen and oxygen atoms in total. The molecule has 7 heteroatoms. The second kappa shape index (κ2) is 10.7. The first-order valence-electron chi connectivity index (χ1n) is 11.4. The second-order valence-corrected chi connectivity index (χ2v) is 10.2. The number of carbonyl (C=O) groups excluding carboxylic acids is 1. The van der Waals surface area contributed by atoms with E-state index < -0.39 is 0 Å². The van der Waals surface area contributed by atoms with Crippen LogP contribution in [-0.4, -0.2) is 16.8 Å². The van der Waals surface area contributed by atoms with Gasteiger partial charge in [-0.05, 0) is 71.3 Å². The lowest BCUT2D eigenvalue weighted by Crippen LogP contribution is -2.27. The van der Waals surface area contributed by atoms with Crippen molar-refractivity contribution in [1.29, 1.82) is 0 Å². The van der Waals surface area contributed by atoms with Crippen LogP contribution >= 0.6 is 35.6 Å². The number of halogens is 1. The van der Waals surface area contributed by atoms with E-state index in [4.69, 9.17) is 33.3 Å². The number of rotatable bonds is 7. The molecule has 0 aromatic heterocycles. The summed E-state index contributed by atoms with van der Waals surface area (Å²) in [6.45, 7) is 2.84. The summed E-state index contributed by atoms with van der Waals surface area (Å²) in [4.78, 5) is 15.1. The summed E-state index contributed by atoms with van der Waals surface area (Å²) >= 11 is 12.8. The number of thioether (sulfide) groups is 1. The van der Waals surface area contributed by atoms with Crippen molar-refractivity contribution >= 4 is 68.3 Å². The molecule has 0 atom stereocenters. The minimum Gasteiger partial charge on any atom is -0.490 e. The monoisotopic (exact) mass is 531 g/mol. The summed E-state index contributed by atoms with van der Waals surface area (Å²) < 4.78 is 12.4. The van der Waals surface area contributed by atoms with Gasteiger partial charge in [0.15, 0.2) is 15.8 Å². The Morgan fingerprint density at radius 3 is 2.56 bits per heavy atom. The van der Waals surface area contributed by atoms with E-state index in [1.54, 1.807) is 18.2 Å². The van der Waals surface area contributed by atoms with Gasteiger partial charge in [-0.15, -0.1) is 0 Å². The van der Waals surface area contributed by atoms with Crippen LogP contribution in [0, 0.1) is 0 Å². The highest BCUT2D eigenvalue weighted by Gasteiger charge is 2.33. The third-order valence-electron chi connectivity index (χ3n) is 5.63. The Labute approximate surface area is 224 Å². The first-order valence-corrected chi connectivity index (χ1v) is 13.0. The summed E-state index contributed by atoms with van der Waals surface area (Å²) in [6.07, 6.45) is 1.82. The number of hydrogen-bond donors (Lipinski definition) is 0. The average molecular weight is 532 g/mol. The van der Waals surface area contributed by atoms with Crippen LogP contribution in [0.2, 0.25) is 5.02 Å². The molecule has 0 N–H and O–H groups in total. The fourth-order valence-electron chi connectivity index (χ4n) is 3.95. The van der Waals surface area contributed by atoms with E-state index in [0.29, 0.717) is 44.6 Å². The lowest BCUT2D eigenvalue weighted by molar-refractivity contribution is -0.113. The van der Waals surface area contributed by atoms with Crippen molar-refractivity contribution in [2.24, 2.45) is 0 Å². The molecule has 0 unspecified atom stereocenters. The summed E-state index contributed by atoms with van der Waals surface area (Å²) in [6, 6.07) is 27.3. The molecule has 1 aliphatic rings. The zero-order valence-corrected chi connectivity index (χ0v) is 21.8. The number of anilines is 1. The van der Waals surface area contributed by atoms with Crippen molar-refractivity contribution in [3.8, 4) is 11.5 Å². The fourth-order valence-corrected chi connectivity index (χ4v) is 5.43. The molecule has 1 amide bonds. The third kappa shape index (κ3) is 5.26. The van der Waals surface area contributed by atoms with Crippen molar-refractivity contribution in [3.05, 3.63) is 106 Å². The molecule has 5 rings (SSSR count). The predicted molar refractivity (Wildman–Crippen MR) is 153 cm³/mol. The van der Waals surface area contributed by atoms with Gasteiger partial charge >= 0.3 is 0 Å². The molecule has 1 heterocycles. The molecule has 0 bridgehead atoms.